The summed E-state index contributed by atoms with van der Waals surface area (Å²) in [5.41, 5.74) is 1.34. The molecule has 0 radical (unpaired) electrons. The van der Waals surface area contributed by atoms with Crippen molar-refractivity contribution >= 4 is 11.6 Å². The monoisotopic (exact) mass is 310 g/mol. The lowest BCUT2D eigenvalue weighted by molar-refractivity contribution is -0.126. The van der Waals surface area contributed by atoms with E-state index in [-0.39, 0.29) is 22.5 Å². The number of hydrogen-bond donors (Lipinski definition) is 0. The Labute approximate surface area is 138 Å². The van der Waals surface area contributed by atoms with Crippen molar-refractivity contribution in [3.8, 4) is 0 Å². The number of allylic oxidation sites excluding steroid dienone is 6. The van der Waals surface area contributed by atoms with Crippen molar-refractivity contribution in [1.29, 1.82) is 0 Å². The normalized spacial score (nSPS) is 47.6. The predicted octanol–water partition coefficient (Wildman–Crippen LogP) is 4.28. The van der Waals surface area contributed by atoms with Crippen molar-refractivity contribution in [2.24, 2.45) is 34.5 Å². The average Bonchev–Trinajstić information content (AvgIpc) is 2.85. The van der Waals surface area contributed by atoms with E-state index in [2.05, 4.69) is 32.1 Å². The molecule has 0 aromatic carbocycles. The third-order valence-electron chi connectivity index (χ3n) is 7.61. The maximum Gasteiger partial charge on any atom is 0.178 e. The largest absolute Gasteiger partial charge is 0.300 e. The van der Waals surface area contributed by atoms with Crippen LogP contribution in [0.15, 0.2) is 36.0 Å². The number of rotatable bonds is 1. The second-order valence-electron chi connectivity index (χ2n) is 8.55. The molecule has 6 atom stereocenters. The molecule has 0 heterocycles. The molecule has 2 nitrogen and oxygen atoms in total. The topological polar surface area (TPSA) is 34.1 Å². The van der Waals surface area contributed by atoms with Crippen LogP contribution in [0.4, 0.5) is 0 Å². The highest BCUT2D eigenvalue weighted by molar-refractivity contribution is 6.01. The van der Waals surface area contributed by atoms with Crippen molar-refractivity contribution in [1.82, 2.24) is 0 Å². The first-order valence-electron chi connectivity index (χ1n) is 9.00. The van der Waals surface area contributed by atoms with Crippen LogP contribution in [0.5, 0.6) is 0 Å². The van der Waals surface area contributed by atoms with E-state index < -0.39 is 0 Å². The zero-order valence-electron chi connectivity index (χ0n) is 14.3. The average molecular weight is 310 g/mol. The lowest BCUT2D eigenvalue weighted by Gasteiger charge is -2.54. The van der Waals surface area contributed by atoms with Crippen LogP contribution in [0.3, 0.4) is 0 Å². The molecular weight excluding hydrogens is 284 g/mol. The van der Waals surface area contributed by atoms with Crippen molar-refractivity contribution < 1.29 is 9.59 Å². The lowest BCUT2D eigenvalue weighted by Crippen LogP contribution is -2.48. The van der Waals surface area contributed by atoms with Crippen LogP contribution in [-0.4, -0.2) is 11.6 Å². The number of Topliss-reactive ketones (excluding diaryl/α,β-unsaturated/α-hetero) is 1. The fraction of sp³-hybridized carbons (Fsp3) is 0.619. The van der Waals surface area contributed by atoms with E-state index in [0.717, 1.165) is 19.3 Å². The van der Waals surface area contributed by atoms with Gasteiger partial charge >= 0.3 is 0 Å². The van der Waals surface area contributed by atoms with Gasteiger partial charge < -0.3 is 0 Å². The number of carbonyl (C=O) groups excluding carboxylic acids is 2. The first-order valence-corrected chi connectivity index (χ1v) is 9.00. The van der Waals surface area contributed by atoms with Gasteiger partial charge in [0.2, 0.25) is 0 Å². The Balaban J connectivity index is 1.74. The van der Waals surface area contributed by atoms with Gasteiger partial charge in [-0.05, 0) is 73.5 Å². The summed E-state index contributed by atoms with van der Waals surface area (Å²) >= 11 is 0. The summed E-state index contributed by atoms with van der Waals surface area (Å²) in [5, 5.41) is 0. The predicted molar refractivity (Wildman–Crippen MR) is 90.7 cm³/mol. The minimum atomic E-state index is -0.0109. The van der Waals surface area contributed by atoms with Crippen molar-refractivity contribution in [3.63, 3.8) is 0 Å². The van der Waals surface area contributed by atoms with E-state index in [1.54, 1.807) is 13.0 Å². The fourth-order valence-corrected chi connectivity index (χ4v) is 6.32. The number of fused-ring (bicyclic) bond motifs is 5. The molecule has 4 rings (SSSR count). The Morgan fingerprint density at radius 3 is 2.65 bits per heavy atom. The zero-order chi connectivity index (χ0) is 16.4. The molecule has 0 bridgehead atoms. The van der Waals surface area contributed by atoms with Gasteiger partial charge in [0, 0.05) is 11.3 Å². The molecule has 0 N–H and O–H groups in total. The smallest absolute Gasteiger partial charge is 0.178 e. The number of ketones is 2. The van der Waals surface area contributed by atoms with E-state index in [4.69, 9.17) is 0 Å². The molecule has 0 aromatic heterocycles. The van der Waals surface area contributed by atoms with Gasteiger partial charge in [0.25, 0.3) is 0 Å². The highest BCUT2D eigenvalue weighted by atomic mass is 16.1. The highest BCUT2D eigenvalue weighted by Crippen LogP contribution is 2.64. The van der Waals surface area contributed by atoms with Gasteiger partial charge in [-0.25, -0.2) is 0 Å². The van der Waals surface area contributed by atoms with E-state index in [9.17, 15) is 9.59 Å². The summed E-state index contributed by atoms with van der Waals surface area (Å²) in [6.07, 6.45) is 14.8. The van der Waals surface area contributed by atoms with Gasteiger partial charge in [0.1, 0.15) is 5.78 Å². The molecule has 0 amide bonds. The van der Waals surface area contributed by atoms with Crippen LogP contribution in [0, 0.1) is 34.5 Å². The maximum absolute atomic E-state index is 12.1. The Kier molecular flexibility index (Phi) is 3.14. The summed E-state index contributed by atoms with van der Waals surface area (Å²) in [5.74, 6) is 2.44. The fourth-order valence-electron chi connectivity index (χ4n) is 6.32. The molecule has 0 unspecified atom stereocenters. The Bertz CT molecular complexity index is 667. The quantitative estimate of drug-likeness (QED) is 0.724. The number of carbonyl (C=O) groups is 2. The molecule has 4 aliphatic carbocycles. The summed E-state index contributed by atoms with van der Waals surface area (Å²) in [6.45, 7) is 6.43. The zero-order valence-corrected chi connectivity index (χ0v) is 14.3. The molecule has 2 saturated carbocycles. The van der Waals surface area contributed by atoms with E-state index in [1.165, 1.54) is 12.0 Å². The Morgan fingerprint density at radius 2 is 1.91 bits per heavy atom. The number of hydrogen-bond acceptors (Lipinski definition) is 2. The van der Waals surface area contributed by atoms with E-state index in [0.29, 0.717) is 23.5 Å². The minimum absolute atomic E-state index is 0.0109. The van der Waals surface area contributed by atoms with Gasteiger partial charge in [0.15, 0.2) is 5.78 Å². The molecule has 0 aromatic rings. The molecule has 122 valence electrons. The van der Waals surface area contributed by atoms with Gasteiger partial charge in [-0.3, -0.25) is 9.59 Å². The first-order chi connectivity index (χ1) is 10.9. The molecular formula is C21H26O2. The van der Waals surface area contributed by atoms with Crippen LogP contribution in [0.2, 0.25) is 0 Å². The second-order valence-corrected chi connectivity index (χ2v) is 8.55. The Hall–Kier alpha value is -1.44. The molecule has 2 heteroatoms. The summed E-state index contributed by atoms with van der Waals surface area (Å²) in [4.78, 5) is 23.9. The van der Waals surface area contributed by atoms with E-state index >= 15 is 0 Å². The standard InChI is InChI=1S/C21H26O2/c1-13(22)17-6-7-18-16-5-4-14-12-15(23)8-10-20(14,2)19(16)9-11-21(17,18)3/h4-5,8,10,12,16-19H,6-7,9,11H2,1-3H3/t16-,17+,18-,19+,20+,21+/m0/s1. The molecule has 23 heavy (non-hydrogen) atoms. The maximum atomic E-state index is 12.1. The second kappa shape index (κ2) is 4.78. The molecule has 0 saturated heterocycles. The van der Waals surface area contributed by atoms with Gasteiger partial charge in [-0.2, -0.15) is 0 Å². The van der Waals surface area contributed by atoms with Crippen LogP contribution >= 0.6 is 0 Å². The molecule has 0 spiro atoms. The van der Waals surface area contributed by atoms with Crippen molar-refractivity contribution in [2.45, 2.75) is 46.5 Å². The van der Waals surface area contributed by atoms with Crippen LogP contribution < -0.4 is 0 Å². The SMILES string of the molecule is CC(=O)[C@H]1CC[C@H]2[C@@H]3C=CC4=CC(=O)C=C[C@@]4(C)[C@@H]3CC[C@]12C. The van der Waals surface area contributed by atoms with Gasteiger partial charge in [-0.15, -0.1) is 0 Å². The Morgan fingerprint density at radius 1 is 1.13 bits per heavy atom. The van der Waals surface area contributed by atoms with Gasteiger partial charge in [0.05, 0.1) is 0 Å². The third kappa shape index (κ3) is 1.93. The van der Waals surface area contributed by atoms with Crippen LogP contribution in [0.1, 0.15) is 46.5 Å². The molecule has 2 fully saturated rings. The molecule has 0 aliphatic heterocycles. The highest BCUT2D eigenvalue weighted by Gasteiger charge is 2.58. The van der Waals surface area contributed by atoms with E-state index in [1.807, 2.05) is 6.08 Å². The van der Waals surface area contributed by atoms with Gasteiger partial charge in [-0.1, -0.05) is 32.1 Å². The third-order valence-corrected chi connectivity index (χ3v) is 7.61. The van der Waals surface area contributed by atoms with Crippen molar-refractivity contribution in [3.05, 3.63) is 36.0 Å². The lowest BCUT2D eigenvalue weighted by atomic mass is 9.49. The summed E-state index contributed by atoms with van der Waals surface area (Å²) in [6, 6.07) is 0. The minimum Gasteiger partial charge on any atom is -0.300 e. The van der Waals surface area contributed by atoms with Crippen molar-refractivity contribution in [2.75, 3.05) is 0 Å². The molecule has 4 aliphatic rings. The summed E-state index contributed by atoms with van der Waals surface area (Å²) < 4.78 is 0. The summed E-state index contributed by atoms with van der Waals surface area (Å²) in [7, 11) is 0. The van der Waals surface area contributed by atoms with Crippen LogP contribution in [0.25, 0.3) is 0 Å². The van der Waals surface area contributed by atoms with Crippen LogP contribution in [-0.2, 0) is 9.59 Å². The first kappa shape index (κ1) is 15.1.